The van der Waals surface area contributed by atoms with Crippen molar-refractivity contribution in [1.29, 1.82) is 0 Å². The monoisotopic (exact) mass is 437 g/mol. The number of carbonyl (C=O) groups is 2. The summed E-state index contributed by atoms with van der Waals surface area (Å²) in [6.45, 7) is 8.69. The molecule has 0 heterocycles. The second-order valence-electron chi connectivity index (χ2n) is 9.10. The number of esters is 1. The molecule has 1 fully saturated rings. The summed E-state index contributed by atoms with van der Waals surface area (Å²) in [5.74, 6) is 0.325. The SMILES string of the molecule is CCOC(=O)c1cc(NC(=O)C2(c3ccc(C)cc3)CCCCC2)ccc1OCC(C)C. The molecule has 0 saturated heterocycles. The molecule has 1 aliphatic carbocycles. The number of nitrogens with one attached hydrogen (secondary N) is 1. The van der Waals surface area contributed by atoms with E-state index in [0.717, 1.165) is 37.7 Å². The van der Waals surface area contributed by atoms with Gasteiger partial charge in [0.2, 0.25) is 5.91 Å². The lowest BCUT2D eigenvalue weighted by atomic mass is 9.68. The second kappa shape index (κ2) is 10.7. The zero-order chi connectivity index (χ0) is 23.1. The van der Waals surface area contributed by atoms with Crippen LogP contribution in [-0.4, -0.2) is 25.1 Å². The Morgan fingerprint density at radius 1 is 1.03 bits per heavy atom. The average Bonchev–Trinajstić information content (AvgIpc) is 2.79. The molecule has 1 N–H and O–H groups in total. The van der Waals surface area contributed by atoms with Crippen molar-refractivity contribution in [2.24, 2.45) is 5.92 Å². The van der Waals surface area contributed by atoms with Gasteiger partial charge in [0.15, 0.2) is 0 Å². The predicted molar refractivity (Wildman–Crippen MR) is 127 cm³/mol. The van der Waals surface area contributed by atoms with Crippen LogP contribution in [0.1, 0.15) is 74.4 Å². The standard InChI is InChI=1S/C27H35NO4/c1-5-31-25(29)23-17-22(13-14-24(23)32-18-19(2)3)28-26(30)27(15-7-6-8-16-27)21-11-9-20(4)10-12-21/h9-14,17,19H,5-8,15-16,18H2,1-4H3,(H,28,30). The second-order valence-corrected chi connectivity index (χ2v) is 9.10. The van der Waals surface area contributed by atoms with Crippen molar-refractivity contribution in [3.05, 3.63) is 59.2 Å². The van der Waals surface area contributed by atoms with Gasteiger partial charge in [-0.05, 0) is 56.4 Å². The Morgan fingerprint density at radius 2 is 1.72 bits per heavy atom. The lowest BCUT2D eigenvalue weighted by Gasteiger charge is -2.36. The molecule has 0 aliphatic heterocycles. The highest BCUT2D eigenvalue weighted by molar-refractivity contribution is 6.01. The fraction of sp³-hybridized carbons (Fsp3) is 0.481. The summed E-state index contributed by atoms with van der Waals surface area (Å²) in [5, 5.41) is 3.09. The molecular weight excluding hydrogens is 402 g/mol. The molecule has 1 aliphatic rings. The first-order valence-corrected chi connectivity index (χ1v) is 11.7. The molecule has 5 nitrogen and oxygen atoms in total. The van der Waals surface area contributed by atoms with Crippen LogP contribution in [0.4, 0.5) is 5.69 Å². The van der Waals surface area contributed by atoms with Gasteiger partial charge >= 0.3 is 5.97 Å². The van der Waals surface area contributed by atoms with Crippen molar-refractivity contribution in [3.63, 3.8) is 0 Å². The highest BCUT2D eigenvalue weighted by Gasteiger charge is 2.41. The summed E-state index contributed by atoms with van der Waals surface area (Å²) < 4.78 is 11.0. The smallest absolute Gasteiger partial charge is 0.341 e. The minimum absolute atomic E-state index is 0.0216. The van der Waals surface area contributed by atoms with E-state index >= 15 is 0 Å². The number of ether oxygens (including phenoxy) is 2. The molecule has 2 aromatic rings. The maximum atomic E-state index is 13.6. The molecular formula is C27H35NO4. The quantitative estimate of drug-likeness (QED) is 0.511. The number of carbonyl (C=O) groups excluding carboxylic acids is 2. The molecule has 2 aromatic carbocycles. The highest BCUT2D eigenvalue weighted by Crippen LogP contribution is 2.41. The molecule has 0 radical (unpaired) electrons. The van der Waals surface area contributed by atoms with E-state index in [-0.39, 0.29) is 12.5 Å². The Balaban J connectivity index is 1.89. The zero-order valence-corrected chi connectivity index (χ0v) is 19.7. The first-order chi connectivity index (χ1) is 15.4. The maximum Gasteiger partial charge on any atom is 0.341 e. The number of amides is 1. The molecule has 172 valence electrons. The molecule has 1 amide bonds. The van der Waals surface area contributed by atoms with Gasteiger partial charge in [-0.25, -0.2) is 4.79 Å². The molecule has 0 bridgehead atoms. The zero-order valence-electron chi connectivity index (χ0n) is 19.7. The van der Waals surface area contributed by atoms with E-state index in [1.807, 2.05) is 13.8 Å². The van der Waals surface area contributed by atoms with Crippen molar-refractivity contribution in [1.82, 2.24) is 0 Å². The van der Waals surface area contributed by atoms with Crippen LogP contribution in [0.5, 0.6) is 5.75 Å². The Bertz CT molecular complexity index is 927. The van der Waals surface area contributed by atoms with Crippen molar-refractivity contribution in [3.8, 4) is 5.75 Å². The van der Waals surface area contributed by atoms with E-state index in [1.165, 1.54) is 5.56 Å². The van der Waals surface area contributed by atoms with Gasteiger partial charge in [-0.15, -0.1) is 0 Å². The summed E-state index contributed by atoms with van der Waals surface area (Å²) in [6, 6.07) is 13.5. The summed E-state index contributed by atoms with van der Waals surface area (Å²) in [4.78, 5) is 26.2. The van der Waals surface area contributed by atoms with Gasteiger partial charge in [0.05, 0.1) is 18.6 Å². The number of aryl methyl sites for hydroxylation is 1. The van der Waals surface area contributed by atoms with Gasteiger partial charge < -0.3 is 14.8 Å². The van der Waals surface area contributed by atoms with Crippen LogP contribution >= 0.6 is 0 Å². The van der Waals surface area contributed by atoms with Crippen LogP contribution in [0.25, 0.3) is 0 Å². The van der Waals surface area contributed by atoms with E-state index in [9.17, 15) is 9.59 Å². The number of benzene rings is 2. The molecule has 1 saturated carbocycles. The Kier molecular flexibility index (Phi) is 7.94. The van der Waals surface area contributed by atoms with E-state index in [1.54, 1.807) is 25.1 Å². The van der Waals surface area contributed by atoms with Crippen molar-refractivity contribution >= 4 is 17.6 Å². The summed E-state index contributed by atoms with van der Waals surface area (Å²) in [7, 11) is 0. The summed E-state index contributed by atoms with van der Waals surface area (Å²) in [6.07, 6.45) is 4.84. The van der Waals surface area contributed by atoms with Crippen LogP contribution < -0.4 is 10.1 Å². The first kappa shape index (κ1) is 23.8. The number of rotatable bonds is 8. The molecule has 0 atom stereocenters. The third kappa shape index (κ3) is 5.50. The van der Waals surface area contributed by atoms with Crippen molar-refractivity contribution in [2.45, 2.75) is 65.2 Å². The van der Waals surface area contributed by atoms with E-state index in [2.05, 4.69) is 36.5 Å². The normalized spacial score (nSPS) is 15.3. The van der Waals surface area contributed by atoms with Gasteiger partial charge in [-0.1, -0.05) is 62.9 Å². The van der Waals surface area contributed by atoms with Gasteiger partial charge in [0, 0.05) is 5.69 Å². The molecule has 5 heteroatoms. The number of hydrogen-bond donors (Lipinski definition) is 1. The molecule has 3 rings (SSSR count). The van der Waals surface area contributed by atoms with Crippen LogP contribution in [0.15, 0.2) is 42.5 Å². The number of anilines is 1. The lowest BCUT2D eigenvalue weighted by Crippen LogP contribution is -2.42. The highest BCUT2D eigenvalue weighted by atomic mass is 16.5. The fourth-order valence-electron chi connectivity index (χ4n) is 4.28. The van der Waals surface area contributed by atoms with Crippen LogP contribution in [0.3, 0.4) is 0 Å². The summed E-state index contributed by atoms with van der Waals surface area (Å²) in [5.41, 5.74) is 2.59. The fourth-order valence-corrected chi connectivity index (χ4v) is 4.28. The number of hydrogen-bond acceptors (Lipinski definition) is 4. The van der Waals surface area contributed by atoms with Crippen molar-refractivity contribution < 1.29 is 19.1 Å². The topological polar surface area (TPSA) is 64.6 Å². The van der Waals surface area contributed by atoms with E-state index < -0.39 is 11.4 Å². The Labute approximate surface area is 191 Å². The Hall–Kier alpha value is -2.82. The average molecular weight is 438 g/mol. The summed E-state index contributed by atoms with van der Waals surface area (Å²) >= 11 is 0. The van der Waals surface area contributed by atoms with E-state index in [4.69, 9.17) is 9.47 Å². The predicted octanol–water partition coefficient (Wildman–Crippen LogP) is 6.05. The molecule has 0 aromatic heterocycles. The van der Waals surface area contributed by atoms with Crippen molar-refractivity contribution in [2.75, 3.05) is 18.5 Å². The largest absolute Gasteiger partial charge is 0.492 e. The van der Waals surface area contributed by atoms with Gasteiger partial charge in [0.25, 0.3) is 0 Å². The van der Waals surface area contributed by atoms with Crippen LogP contribution in [0.2, 0.25) is 0 Å². The maximum absolute atomic E-state index is 13.6. The van der Waals surface area contributed by atoms with Crippen LogP contribution in [0, 0.1) is 12.8 Å². The van der Waals surface area contributed by atoms with Gasteiger partial charge in [-0.3, -0.25) is 4.79 Å². The molecule has 0 spiro atoms. The lowest BCUT2D eigenvalue weighted by molar-refractivity contribution is -0.122. The third-order valence-corrected chi connectivity index (χ3v) is 6.05. The van der Waals surface area contributed by atoms with Gasteiger partial charge in [0.1, 0.15) is 11.3 Å². The first-order valence-electron chi connectivity index (χ1n) is 11.7. The van der Waals surface area contributed by atoms with Crippen LogP contribution in [-0.2, 0) is 14.9 Å². The molecule has 0 unspecified atom stereocenters. The third-order valence-electron chi connectivity index (χ3n) is 6.05. The minimum atomic E-state index is -0.553. The van der Waals surface area contributed by atoms with E-state index in [0.29, 0.717) is 29.5 Å². The Morgan fingerprint density at radius 3 is 2.34 bits per heavy atom. The minimum Gasteiger partial charge on any atom is -0.492 e. The molecule has 32 heavy (non-hydrogen) atoms. The van der Waals surface area contributed by atoms with Gasteiger partial charge in [-0.2, -0.15) is 0 Å².